The first-order valence-electron chi connectivity index (χ1n) is 3.72. The van der Waals surface area contributed by atoms with Crippen molar-refractivity contribution in [1.29, 1.82) is 0 Å². The van der Waals surface area contributed by atoms with Gasteiger partial charge in [-0.15, -0.1) is 0 Å². The third-order valence-corrected chi connectivity index (χ3v) is 2.00. The maximum absolute atomic E-state index is 5.60. The van der Waals surface area contributed by atoms with Gasteiger partial charge in [0.25, 0.3) is 0 Å². The van der Waals surface area contributed by atoms with Crippen LogP contribution in [-0.4, -0.2) is 0 Å². The number of benzene rings is 1. The third kappa shape index (κ3) is 0.830. The molecule has 12 heavy (non-hydrogen) atoms. The second-order valence-electron chi connectivity index (χ2n) is 2.85. The molecule has 1 aromatic carbocycles. The zero-order valence-electron chi connectivity index (χ0n) is 6.79. The van der Waals surface area contributed by atoms with Crippen LogP contribution in [0.3, 0.4) is 0 Å². The van der Waals surface area contributed by atoms with Crippen LogP contribution < -0.4 is 11.5 Å². The van der Waals surface area contributed by atoms with Gasteiger partial charge < -0.3 is 15.9 Å². The first-order chi connectivity index (χ1) is 5.68. The lowest BCUT2D eigenvalue weighted by molar-refractivity contribution is 0.635. The first kappa shape index (κ1) is 7.03. The highest BCUT2D eigenvalue weighted by molar-refractivity contribution is 5.87. The Balaban J connectivity index is 2.87. The summed E-state index contributed by atoms with van der Waals surface area (Å²) in [7, 11) is 0. The molecule has 0 amide bonds. The first-order valence-corrected chi connectivity index (χ1v) is 3.72. The number of furan rings is 1. The predicted octanol–water partition coefficient (Wildman–Crippen LogP) is 1.91. The summed E-state index contributed by atoms with van der Waals surface area (Å²) >= 11 is 0. The van der Waals surface area contributed by atoms with Crippen molar-refractivity contribution in [3.63, 3.8) is 0 Å². The van der Waals surface area contributed by atoms with Gasteiger partial charge in [-0.2, -0.15) is 0 Å². The van der Waals surface area contributed by atoms with Gasteiger partial charge in [-0.3, -0.25) is 0 Å². The van der Waals surface area contributed by atoms with Crippen LogP contribution in [0.2, 0.25) is 0 Å². The Morgan fingerprint density at radius 3 is 2.75 bits per heavy atom. The van der Waals surface area contributed by atoms with Crippen molar-refractivity contribution in [3.8, 4) is 0 Å². The van der Waals surface area contributed by atoms with Gasteiger partial charge in [0, 0.05) is 22.7 Å². The minimum Gasteiger partial charge on any atom is -0.441 e. The van der Waals surface area contributed by atoms with Crippen molar-refractivity contribution in [3.05, 3.63) is 23.8 Å². The summed E-state index contributed by atoms with van der Waals surface area (Å²) in [4.78, 5) is 0. The average Bonchev–Trinajstić information content (AvgIpc) is 2.28. The van der Waals surface area contributed by atoms with E-state index in [0.29, 0.717) is 11.6 Å². The summed E-state index contributed by atoms with van der Waals surface area (Å²) in [5, 5.41) is 1.03. The SMILES string of the molecule is Cc1c(N)oc2cc(N)ccc12. The third-order valence-electron chi connectivity index (χ3n) is 2.00. The molecule has 1 aromatic heterocycles. The molecule has 0 spiro atoms. The van der Waals surface area contributed by atoms with E-state index >= 15 is 0 Å². The molecule has 0 unspecified atom stereocenters. The smallest absolute Gasteiger partial charge is 0.194 e. The monoisotopic (exact) mass is 162 g/mol. The van der Waals surface area contributed by atoms with Crippen LogP contribution in [0.15, 0.2) is 22.6 Å². The Morgan fingerprint density at radius 1 is 1.25 bits per heavy atom. The van der Waals surface area contributed by atoms with Crippen LogP contribution in [0.5, 0.6) is 0 Å². The molecule has 0 saturated heterocycles. The molecule has 0 aliphatic carbocycles. The normalized spacial score (nSPS) is 10.8. The van der Waals surface area contributed by atoms with Gasteiger partial charge in [0.1, 0.15) is 5.58 Å². The molecule has 3 heteroatoms. The number of nitrogens with two attached hydrogens (primary N) is 2. The van der Waals surface area contributed by atoms with Crippen molar-refractivity contribution in [1.82, 2.24) is 0 Å². The van der Waals surface area contributed by atoms with Gasteiger partial charge in [-0.05, 0) is 19.1 Å². The molecule has 4 N–H and O–H groups in total. The predicted molar refractivity (Wildman–Crippen MR) is 49.8 cm³/mol. The van der Waals surface area contributed by atoms with Crippen molar-refractivity contribution in [2.24, 2.45) is 0 Å². The second-order valence-corrected chi connectivity index (χ2v) is 2.85. The summed E-state index contributed by atoms with van der Waals surface area (Å²) in [6.07, 6.45) is 0. The number of hydrogen-bond acceptors (Lipinski definition) is 3. The van der Waals surface area contributed by atoms with Crippen LogP contribution in [0.4, 0.5) is 11.6 Å². The molecule has 0 fully saturated rings. The van der Waals surface area contributed by atoms with Crippen LogP contribution in [0.25, 0.3) is 11.0 Å². The lowest BCUT2D eigenvalue weighted by Crippen LogP contribution is -1.82. The minimum atomic E-state index is 0.468. The highest BCUT2D eigenvalue weighted by atomic mass is 16.3. The van der Waals surface area contributed by atoms with Crippen molar-refractivity contribution in [2.75, 3.05) is 11.5 Å². The molecule has 1 heterocycles. The summed E-state index contributed by atoms with van der Waals surface area (Å²) in [5.41, 5.74) is 13.6. The fourth-order valence-corrected chi connectivity index (χ4v) is 1.26. The summed E-state index contributed by atoms with van der Waals surface area (Å²) in [5.74, 6) is 0.468. The molecular weight excluding hydrogens is 152 g/mol. The Labute approximate surface area is 70.0 Å². The molecule has 0 radical (unpaired) electrons. The zero-order chi connectivity index (χ0) is 8.72. The van der Waals surface area contributed by atoms with E-state index in [9.17, 15) is 0 Å². The van der Waals surface area contributed by atoms with Crippen LogP contribution >= 0.6 is 0 Å². The summed E-state index contributed by atoms with van der Waals surface area (Å²) < 4.78 is 5.28. The zero-order valence-corrected chi connectivity index (χ0v) is 6.79. The Morgan fingerprint density at radius 2 is 2.00 bits per heavy atom. The second kappa shape index (κ2) is 2.17. The fourth-order valence-electron chi connectivity index (χ4n) is 1.26. The molecule has 3 nitrogen and oxygen atoms in total. The highest BCUT2D eigenvalue weighted by Crippen LogP contribution is 2.27. The molecule has 0 atom stereocenters. The fraction of sp³-hybridized carbons (Fsp3) is 0.111. The summed E-state index contributed by atoms with van der Waals surface area (Å²) in [6.45, 7) is 1.93. The van der Waals surface area contributed by atoms with Gasteiger partial charge in [0.2, 0.25) is 0 Å². The van der Waals surface area contributed by atoms with Gasteiger partial charge in [-0.1, -0.05) is 0 Å². The van der Waals surface area contributed by atoms with E-state index < -0.39 is 0 Å². The van der Waals surface area contributed by atoms with E-state index in [2.05, 4.69) is 0 Å². The number of fused-ring (bicyclic) bond motifs is 1. The van der Waals surface area contributed by atoms with Gasteiger partial charge in [-0.25, -0.2) is 0 Å². The van der Waals surface area contributed by atoms with E-state index in [-0.39, 0.29) is 0 Å². The maximum Gasteiger partial charge on any atom is 0.194 e. The quantitative estimate of drug-likeness (QED) is 0.581. The average molecular weight is 162 g/mol. The van der Waals surface area contributed by atoms with E-state index in [1.54, 1.807) is 6.07 Å². The largest absolute Gasteiger partial charge is 0.441 e. The Hall–Kier alpha value is -1.64. The molecule has 0 saturated carbocycles. The van der Waals surface area contributed by atoms with E-state index in [1.807, 2.05) is 19.1 Å². The van der Waals surface area contributed by atoms with Crippen LogP contribution in [0, 0.1) is 6.92 Å². The summed E-state index contributed by atoms with van der Waals surface area (Å²) in [6, 6.07) is 5.53. The number of rotatable bonds is 0. The Bertz CT molecular complexity index is 431. The van der Waals surface area contributed by atoms with Gasteiger partial charge >= 0.3 is 0 Å². The van der Waals surface area contributed by atoms with E-state index in [4.69, 9.17) is 15.9 Å². The molecule has 0 aliphatic heterocycles. The molecular formula is C9H10N2O. The van der Waals surface area contributed by atoms with Crippen molar-refractivity contribution >= 4 is 22.5 Å². The highest BCUT2D eigenvalue weighted by Gasteiger charge is 2.06. The molecule has 0 bridgehead atoms. The van der Waals surface area contributed by atoms with Gasteiger partial charge in [0.05, 0.1) is 0 Å². The molecule has 0 aliphatic rings. The topological polar surface area (TPSA) is 65.2 Å². The van der Waals surface area contributed by atoms with Crippen molar-refractivity contribution < 1.29 is 4.42 Å². The number of aryl methyl sites for hydroxylation is 1. The van der Waals surface area contributed by atoms with E-state index in [0.717, 1.165) is 16.5 Å². The lowest BCUT2D eigenvalue weighted by Gasteiger charge is -1.90. The molecule has 2 rings (SSSR count). The number of hydrogen-bond donors (Lipinski definition) is 2. The standard InChI is InChI=1S/C9H10N2O/c1-5-7-3-2-6(10)4-8(7)12-9(5)11/h2-4H,10-11H2,1H3. The van der Waals surface area contributed by atoms with Crippen molar-refractivity contribution in [2.45, 2.75) is 6.92 Å². The Kier molecular flexibility index (Phi) is 1.27. The molecule has 2 aromatic rings. The maximum atomic E-state index is 5.60. The van der Waals surface area contributed by atoms with E-state index in [1.165, 1.54) is 0 Å². The number of nitrogen functional groups attached to an aromatic ring is 2. The molecule has 62 valence electrons. The lowest BCUT2D eigenvalue weighted by atomic mass is 10.2. The number of anilines is 2. The van der Waals surface area contributed by atoms with Gasteiger partial charge in [0.15, 0.2) is 5.88 Å². The van der Waals surface area contributed by atoms with Crippen LogP contribution in [0.1, 0.15) is 5.56 Å². The minimum absolute atomic E-state index is 0.468. The van der Waals surface area contributed by atoms with Crippen LogP contribution in [-0.2, 0) is 0 Å².